The molecule has 2 aliphatic rings. The summed E-state index contributed by atoms with van der Waals surface area (Å²) >= 11 is 1.54. The summed E-state index contributed by atoms with van der Waals surface area (Å²) in [6.07, 6.45) is 2.05. The van der Waals surface area contributed by atoms with Crippen LogP contribution in [0, 0.1) is 30.1 Å². The number of rotatable bonds is 4. The molecule has 9 heteroatoms. The molecule has 0 spiro atoms. The molecule has 0 saturated carbocycles. The molecule has 7 unspecified atom stereocenters. The van der Waals surface area contributed by atoms with Gasteiger partial charge in [-0.05, 0) is 50.2 Å². The van der Waals surface area contributed by atoms with Gasteiger partial charge < -0.3 is 19.8 Å². The van der Waals surface area contributed by atoms with E-state index >= 15 is 0 Å². The number of fused-ring (bicyclic) bond motifs is 1. The van der Waals surface area contributed by atoms with Crippen molar-refractivity contribution in [1.82, 2.24) is 9.88 Å². The summed E-state index contributed by atoms with van der Waals surface area (Å²) in [5.74, 6) is -1.36. The molecular formula is C31H48N2O6S. The van der Waals surface area contributed by atoms with Crippen molar-refractivity contribution in [3.05, 3.63) is 21.7 Å². The van der Waals surface area contributed by atoms with Crippen molar-refractivity contribution in [1.29, 1.82) is 0 Å². The van der Waals surface area contributed by atoms with Gasteiger partial charge in [0, 0.05) is 24.1 Å². The van der Waals surface area contributed by atoms with E-state index in [4.69, 9.17) is 4.74 Å². The number of thiazole rings is 1. The molecule has 1 amide bonds. The lowest BCUT2D eigenvalue weighted by Gasteiger charge is -2.34. The van der Waals surface area contributed by atoms with Gasteiger partial charge in [0.15, 0.2) is 0 Å². The van der Waals surface area contributed by atoms with Crippen LogP contribution in [-0.2, 0) is 19.1 Å². The number of nitrogens with zero attached hydrogens (tertiary/aromatic N) is 2. The van der Waals surface area contributed by atoms with Crippen LogP contribution in [0.5, 0.6) is 0 Å². The Kier molecular flexibility index (Phi) is 10.7. The summed E-state index contributed by atoms with van der Waals surface area (Å²) in [6, 6.07) is -0.0119. The third kappa shape index (κ3) is 7.79. The van der Waals surface area contributed by atoms with Gasteiger partial charge in [0.25, 0.3) is 0 Å². The van der Waals surface area contributed by atoms with Crippen molar-refractivity contribution in [3.63, 3.8) is 0 Å². The molecule has 2 N–H and O–H groups in total. The Balaban J connectivity index is 1.93. The number of aliphatic hydroxyl groups excluding tert-OH is 2. The Labute approximate surface area is 243 Å². The number of carbonyl (C=O) groups excluding carboxylic acids is 3. The van der Waals surface area contributed by atoms with Gasteiger partial charge in [-0.3, -0.25) is 14.4 Å². The fraction of sp³-hybridized carbons (Fsp3) is 0.742. The van der Waals surface area contributed by atoms with Crippen LogP contribution in [-0.4, -0.2) is 68.2 Å². The highest BCUT2D eigenvalue weighted by atomic mass is 32.1. The standard InChI is InChI=1S/C31H48N2O6S/c1-17(2)12-27(35)33-23-11-9-10-18(3)29(37)20(5)30(38)31(7,8)26(34)15-28(36)39-25(14-24(23)33)19(4)13-22-16-40-21(6)32-22/h13,16-18,20,23-26,29,34,37H,9-12,14-15H2,1-8H3. The summed E-state index contributed by atoms with van der Waals surface area (Å²) < 4.78 is 5.97. The Hall–Kier alpha value is -2.10. The van der Waals surface area contributed by atoms with E-state index in [1.54, 1.807) is 32.1 Å². The molecule has 1 aromatic rings. The Bertz CT molecular complexity index is 1100. The number of esters is 1. The number of ketones is 1. The van der Waals surface area contributed by atoms with Gasteiger partial charge in [-0.15, -0.1) is 11.3 Å². The summed E-state index contributed by atoms with van der Waals surface area (Å²) in [7, 11) is 0. The molecular weight excluding hydrogens is 528 g/mol. The second-order valence-electron chi connectivity index (χ2n) is 12.9. The summed E-state index contributed by atoms with van der Waals surface area (Å²) in [4.78, 5) is 46.1. The molecule has 2 saturated heterocycles. The second-order valence-corrected chi connectivity index (χ2v) is 14.0. The zero-order valence-corrected chi connectivity index (χ0v) is 26.2. The molecule has 40 heavy (non-hydrogen) atoms. The van der Waals surface area contributed by atoms with E-state index in [9.17, 15) is 24.6 Å². The fourth-order valence-electron chi connectivity index (χ4n) is 5.92. The molecule has 3 rings (SSSR count). The number of hydrogen-bond donors (Lipinski definition) is 2. The Morgan fingerprint density at radius 1 is 1.23 bits per heavy atom. The van der Waals surface area contributed by atoms with E-state index in [1.165, 1.54) is 0 Å². The SMILES string of the molecule is CC(=Cc1csc(C)n1)C1CC2C(CCCC(C)C(O)C(C)C(=O)C(C)(C)C(O)CC(=O)O1)N2C(=O)CC(C)C. The lowest BCUT2D eigenvalue weighted by Crippen LogP contribution is -2.45. The fourth-order valence-corrected chi connectivity index (χ4v) is 6.49. The van der Waals surface area contributed by atoms with Crippen molar-refractivity contribution < 1.29 is 29.3 Å². The number of aromatic nitrogens is 1. The number of Topliss-reactive ketones (excluding diaryl/α,β-unsaturated/α-hetero) is 1. The topological polar surface area (TPSA) is 117 Å². The molecule has 0 bridgehead atoms. The summed E-state index contributed by atoms with van der Waals surface area (Å²) in [5.41, 5.74) is 0.365. The minimum Gasteiger partial charge on any atom is -0.458 e. The highest BCUT2D eigenvalue weighted by molar-refractivity contribution is 7.09. The van der Waals surface area contributed by atoms with E-state index in [-0.39, 0.29) is 42.0 Å². The zero-order valence-electron chi connectivity index (χ0n) is 25.3. The van der Waals surface area contributed by atoms with E-state index in [2.05, 4.69) is 4.98 Å². The molecule has 0 radical (unpaired) electrons. The van der Waals surface area contributed by atoms with Crippen LogP contribution in [0.3, 0.4) is 0 Å². The predicted molar refractivity (Wildman–Crippen MR) is 156 cm³/mol. The Morgan fingerprint density at radius 3 is 2.50 bits per heavy atom. The van der Waals surface area contributed by atoms with Crippen molar-refractivity contribution in [2.24, 2.45) is 23.2 Å². The minimum atomic E-state index is -1.27. The Morgan fingerprint density at radius 2 is 1.90 bits per heavy atom. The highest BCUT2D eigenvalue weighted by Crippen LogP contribution is 2.40. The van der Waals surface area contributed by atoms with E-state index in [1.807, 2.05) is 51.0 Å². The van der Waals surface area contributed by atoms with Crippen LogP contribution in [0.25, 0.3) is 6.08 Å². The third-order valence-electron chi connectivity index (χ3n) is 8.69. The van der Waals surface area contributed by atoms with E-state index < -0.39 is 35.6 Å². The first-order valence-electron chi connectivity index (χ1n) is 14.6. The third-order valence-corrected chi connectivity index (χ3v) is 9.48. The molecule has 0 aromatic carbocycles. The molecule has 8 nitrogen and oxygen atoms in total. The first-order valence-corrected chi connectivity index (χ1v) is 15.5. The van der Waals surface area contributed by atoms with Gasteiger partial charge in [-0.1, -0.05) is 48.0 Å². The van der Waals surface area contributed by atoms with Crippen LogP contribution in [0.15, 0.2) is 11.0 Å². The maximum absolute atomic E-state index is 13.3. The molecule has 2 aliphatic heterocycles. The maximum atomic E-state index is 13.3. The number of aliphatic hydroxyl groups is 2. The zero-order chi connectivity index (χ0) is 29.9. The number of cyclic esters (lactones) is 1. The number of carbonyl (C=O) groups is 3. The number of amides is 1. The lowest BCUT2D eigenvalue weighted by atomic mass is 9.73. The molecule has 1 aromatic heterocycles. The van der Waals surface area contributed by atoms with Crippen LogP contribution in [0.4, 0.5) is 0 Å². The minimum absolute atomic E-state index is 0.0441. The van der Waals surface area contributed by atoms with Crippen molar-refractivity contribution >= 4 is 35.1 Å². The highest BCUT2D eigenvalue weighted by Gasteiger charge is 2.51. The molecule has 2 fully saturated rings. The van der Waals surface area contributed by atoms with Gasteiger partial charge in [0.1, 0.15) is 11.9 Å². The van der Waals surface area contributed by atoms with Crippen molar-refractivity contribution in [2.75, 3.05) is 0 Å². The van der Waals surface area contributed by atoms with Crippen LogP contribution in [0.2, 0.25) is 0 Å². The van der Waals surface area contributed by atoms with Crippen LogP contribution >= 0.6 is 11.3 Å². The average molecular weight is 577 g/mol. The van der Waals surface area contributed by atoms with Crippen LogP contribution < -0.4 is 0 Å². The first kappa shape index (κ1) is 32.4. The van der Waals surface area contributed by atoms with Gasteiger partial charge in [-0.25, -0.2) is 4.98 Å². The molecule has 7 atom stereocenters. The summed E-state index contributed by atoms with van der Waals surface area (Å²) in [6.45, 7) is 14.7. The van der Waals surface area contributed by atoms with Crippen molar-refractivity contribution in [2.45, 2.75) is 124 Å². The van der Waals surface area contributed by atoms with E-state index in [0.717, 1.165) is 35.5 Å². The van der Waals surface area contributed by atoms with Gasteiger partial charge in [0.05, 0.1) is 46.8 Å². The smallest absolute Gasteiger partial charge is 0.309 e. The lowest BCUT2D eigenvalue weighted by molar-refractivity contribution is -0.154. The second kappa shape index (κ2) is 13.3. The van der Waals surface area contributed by atoms with Crippen LogP contribution in [0.1, 0.15) is 97.7 Å². The maximum Gasteiger partial charge on any atom is 0.309 e. The van der Waals surface area contributed by atoms with Gasteiger partial charge >= 0.3 is 5.97 Å². The average Bonchev–Trinajstić information content (AvgIpc) is 3.39. The quantitative estimate of drug-likeness (QED) is 0.385. The largest absolute Gasteiger partial charge is 0.458 e. The number of aryl methyl sites for hydroxylation is 1. The monoisotopic (exact) mass is 576 g/mol. The number of ether oxygens (including phenoxy) is 1. The van der Waals surface area contributed by atoms with Crippen molar-refractivity contribution in [3.8, 4) is 0 Å². The number of hydrogen-bond acceptors (Lipinski definition) is 8. The van der Waals surface area contributed by atoms with Gasteiger partial charge in [0.2, 0.25) is 5.91 Å². The molecule has 0 aliphatic carbocycles. The predicted octanol–water partition coefficient (Wildman–Crippen LogP) is 4.95. The molecule has 224 valence electrons. The van der Waals surface area contributed by atoms with E-state index in [0.29, 0.717) is 12.8 Å². The molecule has 3 heterocycles. The van der Waals surface area contributed by atoms with Gasteiger partial charge in [-0.2, -0.15) is 0 Å². The first-order chi connectivity index (χ1) is 18.6. The normalized spacial score (nSPS) is 32.5. The summed E-state index contributed by atoms with van der Waals surface area (Å²) in [5, 5.41) is 24.8.